The van der Waals surface area contributed by atoms with Gasteiger partial charge >= 0.3 is 0 Å². The molecule has 1 saturated heterocycles. The molecule has 4 nitrogen and oxygen atoms in total. The minimum Gasteiger partial charge on any atom is -0.504 e. The van der Waals surface area contributed by atoms with Crippen molar-refractivity contribution in [2.75, 3.05) is 13.1 Å². The van der Waals surface area contributed by atoms with Crippen molar-refractivity contribution < 1.29 is 14.9 Å². The van der Waals surface area contributed by atoms with Crippen molar-refractivity contribution in [3.05, 3.63) is 23.3 Å². The van der Waals surface area contributed by atoms with Gasteiger partial charge in [0.25, 0.3) is 0 Å². The molecule has 2 aliphatic heterocycles. The van der Waals surface area contributed by atoms with Gasteiger partial charge in [0, 0.05) is 18.2 Å². The molecular weight excluding hydrogens is 302 g/mol. The number of phenols is 1. The quantitative estimate of drug-likeness (QED) is 0.875. The Morgan fingerprint density at radius 3 is 2.92 bits per heavy atom. The fourth-order valence-electron chi connectivity index (χ4n) is 6.48. The van der Waals surface area contributed by atoms with Crippen molar-refractivity contribution >= 4 is 0 Å². The first kappa shape index (κ1) is 14.0. The predicted octanol–water partition coefficient (Wildman–Crippen LogP) is 2.35. The molecule has 0 amide bonds. The molecule has 1 spiro atoms. The monoisotopic (exact) mass is 327 g/mol. The lowest BCUT2D eigenvalue weighted by molar-refractivity contribution is -0.185. The molecule has 0 radical (unpaired) electrons. The van der Waals surface area contributed by atoms with E-state index in [4.69, 9.17) is 4.74 Å². The van der Waals surface area contributed by atoms with Gasteiger partial charge in [-0.25, -0.2) is 0 Å². The van der Waals surface area contributed by atoms with E-state index in [0.717, 1.165) is 56.7 Å². The van der Waals surface area contributed by atoms with Gasteiger partial charge in [-0.05, 0) is 69.0 Å². The highest BCUT2D eigenvalue weighted by atomic mass is 16.5. The van der Waals surface area contributed by atoms with Crippen LogP contribution in [0.25, 0.3) is 0 Å². The lowest BCUT2D eigenvalue weighted by Gasteiger charge is -2.63. The summed E-state index contributed by atoms with van der Waals surface area (Å²) in [4.78, 5) is 2.58. The van der Waals surface area contributed by atoms with E-state index in [9.17, 15) is 10.2 Å². The summed E-state index contributed by atoms with van der Waals surface area (Å²) in [6.07, 6.45) is 7.47. The molecule has 3 aliphatic carbocycles. The van der Waals surface area contributed by atoms with Crippen LogP contribution in [-0.4, -0.2) is 45.9 Å². The van der Waals surface area contributed by atoms with E-state index < -0.39 is 5.60 Å². The highest BCUT2D eigenvalue weighted by Gasteiger charge is 2.71. The van der Waals surface area contributed by atoms with Crippen molar-refractivity contribution in [1.29, 1.82) is 0 Å². The number of hydrogen-bond donors (Lipinski definition) is 2. The van der Waals surface area contributed by atoms with Gasteiger partial charge in [0.05, 0.1) is 11.0 Å². The number of aliphatic hydroxyl groups is 1. The van der Waals surface area contributed by atoms with Gasteiger partial charge in [-0.15, -0.1) is 0 Å². The van der Waals surface area contributed by atoms with Crippen LogP contribution in [-0.2, 0) is 11.8 Å². The van der Waals surface area contributed by atoms with Crippen LogP contribution in [0.1, 0.15) is 49.7 Å². The molecule has 0 unspecified atom stereocenters. The van der Waals surface area contributed by atoms with E-state index >= 15 is 0 Å². The summed E-state index contributed by atoms with van der Waals surface area (Å²) in [6.45, 7) is 2.20. The molecule has 4 heteroatoms. The molecule has 128 valence electrons. The molecule has 5 aliphatic rings. The van der Waals surface area contributed by atoms with E-state index in [0.29, 0.717) is 5.75 Å². The molecular formula is C20H25NO3. The molecule has 0 aromatic heterocycles. The SMILES string of the molecule is Oc1ccc2c3c1O[C@@H]1CCC[C@]4(O)[C@H](C2)N(CC2CC2)CC[C@@]314. The first-order chi connectivity index (χ1) is 11.6. The average molecular weight is 327 g/mol. The number of likely N-dealkylation sites (tertiary alicyclic amines) is 1. The number of hydrogen-bond acceptors (Lipinski definition) is 4. The number of aromatic hydroxyl groups is 1. The Morgan fingerprint density at radius 1 is 1.21 bits per heavy atom. The zero-order valence-electron chi connectivity index (χ0n) is 14.0. The Kier molecular flexibility index (Phi) is 2.49. The second-order valence-corrected chi connectivity index (χ2v) is 8.75. The van der Waals surface area contributed by atoms with E-state index in [1.807, 2.05) is 0 Å². The fraction of sp³-hybridized carbons (Fsp3) is 0.700. The zero-order valence-corrected chi connectivity index (χ0v) is 14.0. The molecule has 1 aromatic carbocycles. The summed E-state index contributed by atoms with van der Waals surface area (Å²) < 4.78 is 6.27. The van der Waals surface area contributed by atoms with Gasteiger partial charge in [0.2, 0.25) is 0 Å². The Labute approximate surface area is 142 Å². The molecule has 2 N–H and O–H groups in total. The summed E-state index contributed by atoms with van der Waals surface area (Å²) in [5.74, 6) is 1.77. The minimum atomic E-state index is -0.699. The summed E-state index contributed by atoms with van der Waals surface area (Å²) in [7, 11) is 0. The van der Waals surface area contributed by atoms with Gasteiger partial charge in [0.15, 0.2) is 11.5 Å². The van der Waals surface area contributed by atoms with Gasteiger partial charge in [-0.2, -0.15) is 0 Å². The Morgan fingerprint density at radius 2 is 2.08 bits per heavy atom. The minimum absolute atomic E-state index is 0.0316. The van der Waals surface area contributed by atoms with E-state index in [-0.39, 0.29) is 23.3 Å². The topological polar surface area (TPSA) is 52.9 Å². The number of benzene rings is 1. The third-order valence-electron chi connectivity index (χ3n) is 7.66. The molecule has 3 fully saturated rings. The lowest BCUT2D eigenvalue weighted by atomic mass is 9.49. The van der Waals surface area contributed by atoms with Gasteiger partial charge in [0.1, 0.15) is 6.10 Å². The number of ether oxygens (including phenoxy) is 1. The van der Waals surface area contributed by atoms with Gasteiger partial charge in [-0.3, -0.25) is 4.90 Å². The molecule has 1 aromatic rings. The highest BCUT2D eigenvalue weighted by molar-refractivity contribution is 5.62. The second-order valence-electron chi connectivity index (χ2n) is 8.75. The first-order valence-corrected chi connectivity index (χ1v) is 9.62. The average Bonchev–Trinajstić information content (AvgIpc) is 3.30. The van der Waals surface area contributed by atoms with E-state index in [2.05, 4.69) is 11.0 Å². The fourth-order valence-corrected chi connectivity index (χ4v) is 6.48. The van der Waals surface area contributed by atoms with Crippen molar-refractivity contribution in [2.24, 2.45) is 5.92 Å². The smallest absolute Gasteiger partial charge is 0.165 e. The molecule has 4 atom stereocenters. The van der Waals surface area contributed by atoms with Crippen molar-refractivity contribution in [3.63, 3.8) is 0 Å². The van der Waals surface area contributed by atoms with Crippen LogP contribution in [0.4, 0.5) is 0 Å². The van der Waals surface area contributed by atoms with Crippen LogP contribution in [0, 0.1) is 5.92 Å². The number of nitrogens with zero attached hydrogens (tertiary/aromatic N) is 1. The summed E-state index contributed by atoms with van der Waals surface area (Å²) in [5.41, 5.74) is 1.45. The molecule has 6 rings (SSSR count). The second kappa shape index (κ2) is 4.28. The Bertz CT molecular complexity index is 730. The molecule has 24 heavy (non-hydrogen) atoms. The van der Waals surface area contributed by atoms with Crippen molar-refractivity contribution in [3.8, 4) is 11.5 Å². The third-order valence-corrected chi connectivity index (χ3v) is 7.66. The number of piperidine rings is 1. The standard InChI is InChI=1S/C20H25NO3/c22-14-6-5-13-10-15-20(23)7-1-2-16-19(20,17(13)18(14)24-16)8-9-21(15)11-12-3-4-12/h5-6,12,15-16,22-23H,1-4,7-11H2/t15-,16+,19-,20-/m0/s1. The zero-order chi connectivity index (χ0) is 16.1. The Hall–Kier alpha value is -1.26. The highest BCUT2D eigenvalue weighted by Crippen LogP contribution is 2.65. The first-order valence-electron chi connectivity index (χ1n) is 9.62. The normalized spacial score (nSPS) is 42.5. The van der Waals surface area contributed by atoms with E-state index in [1.165, 1.54) is 18.4 Å². The Balaban J connectivity index is 1.56. The van der Waals surface area contributed by atoms with E-state index in [1.54, 1.807) is 6.07 Å². The molecule has 2 heterocycles. The van der Waals surface area contributed by atoms with Crippen molar-refractivity contribution in [2.45, 2.75) is 68.1 Å². The number of phenolic OH excluding ortho intramolecular Hbond substituents is 1. The number of rotatable bonds is 2. The molecule has 2 saturated carbocycles. The van der Waals surface area contributed by atoms with Crippen LogP contribution in [0.15, 0.2) is 12.1 Å². The van der Waals surface area contributed by atoms with Crippen LogP contribution in [0.2, 0.25) is 0 Å². The van der Waals surface area contributed by atoms with Crippen LogP contribution in [0.5, 0.6) is 11.5 Å². The van der Waals surface area contributed by atoms with Gasteiger partial charge in [-0.1, -0.05) is 6.07 Å². The largest absolute Gasteiger partial charge is 0.504 e. The maximum atomic E-state index is 12.0. The van der Waals surface area contributed by atoms with Crippen molar-refractivity contribution in [1.82, 2.24) is 4.90 Å². The maximum absolute atomic E-state index is 12.0. The third kappa shape index (κ3) is 1.45. The maximum Gasteiger partial charge on any atom is 0.165 e. The van der Waals surface area contributed by atoms with Crippen LogP contribution < -0.4 is 4.74 Å². The van der Waals surface area contributed by atoms with Gasteiger partial charge < -0.3 is 14.9 Å². The van der Waals surface area contributed by atoms with Crippen LogP contribution >= 0.6 is 0 Å². The van der Waals surface area contributed by atoms with Crippen LogP contribution in [0.3, 0.4) is 0 Å². The molecule has 2 bridgehead atoms. The lowest BCUT2D eigenvalue weighted by Crippen LogP contribution is -2.75. The summed E-state index contributed by atoms with van der Waals surface area (Å²) in [5, 5.41) is 22.4. The summed E-state index contributed by atoms with van der Waals surface area (Å²) >= 11 is 0. The predicted molar refractivity (Wildman–Crippen MR) is 89.4 cm³/mol. The summed E-state index contributed by atoms with van der Waals surface area (Å²) in [6, 6.07) is 4.07.